The molecule has 0 spiro atoms. The molecule has 1 aromatic carbocycles. The summed E-state index contributed by atoms with van der Waals surface area (Å²) >= 11 is 11.7. The molecule has 0 aliphatic heterocycles. The molecule has 0 fully saturated rings. The first kappa shape index (κ1) is 13.1. The molecule has 0 aliphatic carbocycles. The number of hydrogen-bond acceptors (Lipinski definition) is 3. The molecule has 0 radical (unpaired) electrons. The number of aromatic nitrogens is 1. The number of halogens is 3. The zero-order valence-electron chi connectivity index (χ0n) is 9.16. The van der Waals surface area contributed by atoms with Crippen molar-refractivity contribution in [2.24, 2.45) is 5.73 Å². The molecule has 18 heavy (non-hydrogen) atoms. The third-order valence-corrected chi connectivity index (χ3v) is 2.83. The van der Waals surface area contributed by atoms with Gasteiger partial charge in [-0.2, -0.15) is 0 Å². The van der Waals surface area contributed by atoms with Crippen molar-refractivity contribution in [1.82, 2.24) is 4.98 Å². The predicted molar refractivity (Wildman–Crippen MR) is 68.6 cm³/mol. The number of hydrogen-bond donors (Lipinski definition) is 1. The lowest BCUT2D eigenvalue weighted by atomic mass is 10.3. The molecule has 0 bridgehead atoms. The van der Waals surface area contributed by atoms with Gasteiger partial charge in [0.2, 0.25) is 5.88 Å². The molecule has 0 saturated heterocycles. The van der Waals surface area contributed by atoms with Gasteiger partial charge in [0.15, 0.2) is 0 Å². The highest BCUT2D eigenvalue weighted by Crippen LogP contribution is 2.29. The van der Waals surface area contributed by atoms with Crippen molar-refractivity contribution >= 4 is 23.2 Å². The third-order valence-electron chi connectivity index (χ3n) is 2.19. The lowest BCUT2D eigenvalue weighted by molar-refractivity contribution is 0.459. The van der Waals surface area contributed by atoms with E-state index in [1.165, 1.54) is 12.1 Å². The van der Waals surface area contributed by atoms with Crippen LogP contribution in [0.15, 0.2) is 30.3 Å². The van der Waals surface area contributed by atoms with Crippen molar-refractivity contribution < 1.29 is 9.13 Å². The summed E-state index contributed by atoms with van der Waals surface area (Å²) in [6, 6.07) is 7.05. The van der Waals surface area contributed by atoms with Gasteiger partial charge in [-0.15, -0.1) is 0 Å². The van der Waals surface area contributed by atoms with E-state index in [2.05, 4.69) is 4.98 Å². The molecule has 0 aliphatic rings. The minimum atomic E-state index is -0.431. The number of nitrogens with zero attached hydrogens (tertiary/aromatic N) is 1. The van der Waals surface area contributed by atoms with E-state index in [-0.39, 0.29) is 11.6 Å². The fourth-order valence-electron chi connectivity index (χ4n) is 1.33. The Morgan fingerprint density at radius 3 is 2.61 bits per heavy atom. The van der Waals surface area contributed by atoms with Crippen molar-refractivity contribution in [1.29, 1.82) is 0 Å². The summed E-state index contributed by atoms with van der Waals surface area (Å²) in [5, 5.41) is 0.635. The molecule has 0 atom stereocenters. The molecule has 94 valence electrons. The average Bonchev–Trinajstić information content (AvgIpc) is 2.35. The largest absolute Gasteiger partial charge is 0.437 e. The standard InChI is InChI=1S/C12H9Cl2FN2O/c13-8-2-4-12(17-10(8)6-16)18-11-3-1-7(15)5-9(11)14/h1-5H,6,16H2. The minimum absolute atomic E-state index is 0.168. The van der Waals surface area contributed by atoms with E-state index in [1.54, 1.807) is 12.1 Å². The number of rotatable bonds is 3. The van der Waals surface area contributed by atoms with E-state index in [4.69, 9.17) is 33.7 Å². The van der Waals surface area contributed by atoms with Crippen LogP contribution in [-0.2, 0) is 6.54 Å². The van der Waals surface area contributed by atoms with Gasteiger partial charge < -0.3 is 10.5 Å². The fraction of sp³-hybridized carbons (Fsp3) is 0.0833. The second-order valence-corrected chi connectivity index (χ2v) is 4.27. The Bertz CT molecular complexity index is 578. The predicted octanol–water partition coefficient (Wildman–Crippen LogP) is 3.78. The van der Waals surface area contributed by atoms with Crippen LogP contribution in [0.4, 0.5) is 4.39 Å². The molecule has 0 unspecified atom stereocenters. The van der Waals surface area contributed by atoms with Crippen LogP contribution in [0, 0.1) is 5.82 Å². The highest BCUT2D eigenvalue weighted by atomic mass is 35.5. The van der Waals surface area contributed by atoms with Gasteiger partial charge in [-0.05, 0) is 24.3 Å². The van der Waals surface area contributed by atoms with Crippen LogP contribution in [-0.4, -0.2) is 4.98 Å². The highest BCUT2D eigenvalue weighted by molar-refractivity contribution is 6.32. The van der Waals surface area contributed by atoms with Gasteiger partial charge in [0.1, 0.15) is 11.6 Å². The van der Waals surface area contributed by atoms with Crippen molar-refractivity contribution in [3.8, 4) is 11.6 Å². The summed E-state index contributed by atoms with van der Waals surface area (Å²) in [5.74, 6) is 0.184. The molecule has 2 aromatic rings. The Morgan fingerprint density at radius 1 is 1.17 bits per heavy atom. The molecule has 0 amide bonds. The first-order valence-corrected chi connectivity index (χ1v) is 5.84. The molecule has 6 heteroatoms. The Kier molecular flexibility index (Phi) is 4.01. The van der Waals surface area contributed by atoms with Gasteiger partial charge in [0.25, 0.3) is 0 Å². The zero-order chi connectivity index (χ0) is 13.1. The van der Waals surface area contributed by atoms with Crippen LogP contribution in [0.2, 0.25) is 10.0 Å². The Balaban J connectivity index is 2.28. The lowest BCUT2D eigenvalue weighted by Gasteiger charge is -2.08. The highest BCUT2D eigenvalue weighted by Gasteiger charge is 2.07. The lowest BCUT2D eigenvalue weighted by Crippen LogP contribution is -2.01. The van der Waals surface area contributed by atoms with Crippen LogP contribution < -0.4 is 10.5 Å². The number of nitrogens with two attached hydrogens (primary N) is 1. The Labute approximate surface area is 113 Å². The molecule has 1 aromatic heterocycles. The van der Waals surface area contributed by atoms with Gasteiger partial charge in [-0.1, -0.05) is 23.2 Å². The average molecular weight is 287 g/mol. The SMILES string of the molecule is NCc1nc(Oc2ccc(F)cc2Cl)ccc1Cl. The monoisotopic (exact) mass is 286 g/mol. The van der Waals surface area contributed by atoms with E-state index in [9.17, 15) is 4.39 Å². The maximum Gasteiger partial charge on any atom is 0.219 e. The van der Waals surface area contributed by atoms with Crippen LogP contribution >= 0.6 is 23.2 Å². The number of pyridine rings is 1. The number of ether oxygens (including phenoxy) is 1. The maximum absolute atomic E-state index is 12.9. The number of benzene rings is 1. The summed E-state index contributed by atoms with van der Waals surface area (Å²) < 4.78 is 18.3. The molecular weight excluding hydrogens is 278 g/mol. The second kappa shape index (κ2) is 5.52. The van der Waals surface area contributed by atoms with E-state index in [0.717, 1.165) is 6.07 Å². The second-order valence-electron chi connectivity index (χ2n) is 3.46. The van der Waals surface area contributed by atoms with Gasteiger partial charge in [0, 0.05) is 12.6 Å². The summed E-state index contributed by atoms with van der Waals surface area (Å²) in [6.45, 7) is 0.202. The van der Waals surface area contributed by atoms with Crippen molar-refractivity contribution in [2.45, 2.75) is 6.54 Å². The normalized spacial score (nSPS) is 10.4. The minimum Gasteiger partial charge on any atom is -0.437 e. The molecule has 1 heterocycles. The van der Waals surface area contributed by atoms with Gasteiger partial charge in [0.05, 0.1) is 15.7 Å². The van der Waals surface area contributed by atoms with Gasteiger partial charge >= 0.3 is 0 Å². The summed E-state index contributed by atoms with van der Waals surface area (Å²) in [6.07, 6.45) is 0. The molecule has 0 saturated carbocycles. The zero-order valence-corrected chi connectivity index (χ0v) is 10.7. The van der Waals surface area contributed by atoms with E-state index >= 15 is 0 Å². The van der Waals surface area contributed by atoms with Crippen LogP contribution in [0.25, 0.3) is 0 Å². The molecule has 2 rings (SSSR count). The topological polar surface area (TPSA) is 48.1 Å². The van der Waals surface area contributed by atoms with Crippen LogP contribution in [0.5, 0.6) is 11.6 Å². The van der Waals surface area contributed by atoms with Gasteiger partial charge in [-0.3, -0.25) is 0 Å². The van der Waals surface area contributed by atoms with E-state index < -0.39 is 5.82 Å². The quantitative estimate of drug-likeness (QED) is 0.934. The molecule has 2 N–H and O–H groups in total. The Hall–Kier alpha value is -1.36. The first-order valence-electron chi connectivity index (χ1n) is 5.08. The maximum atomic E-state index is 12.9. The molecular formula is C12H9Cl2FN2O. The fourth-order valence-corrected chi connectivity index (χ4v) is 1.72. The van der Waals surface area contributed by atoms with Gasteiger partial charge in [-0.25, -0.2) is 9.37 Å². The van der Waals surface area contributed by atoms with Crippen molar-refractivity contribution in [3.05, 3.63) is 51.9 Å². The summed E-state index contributed by atoms with van der Waals surface area (Å²) in [4.78, 5) is 4.12. The van der Waals surface area contributed by atoms with E-state index in [1.807, 2.05) is 0 Å². The third kappa shape index (κ3) is 2.90. The van der Waals surface area contributed by atoms with Crippen LogP contribution in [0.1, 0.15) is 5.69 Å². The van der Waals surface area contributed by atoms with Crippen molar-refractivity contribution in [2.75, 3.05) is 0 Å². The smallest absolute Gasteiger partial charge is 0.219 e. The summed E-state index contributed by atoms with van der Waals surface area (Å²) in [7, 11) is 0. The first-order chi connectivity index (χ1) is 8.60. The van der Waals surface area contributed by atoms with Crippen molar-refractivity contribution in [3.63, 3.8) is 0 Å². The van der Waals surface area contributed by atoms with E-state index in [0.29, 0.717) is 22.3 Å². The Morgan fingerprint density at radius 2 is 1.94 bits per heavy atom. The van der Waals surface area contributed by atoms with Crippen LogP contribution in [0.3, 0.4) is 0 Å². The molecule has 3 nitrogen and oxygen atoms in total. The summed E-state index contributed by atoms with van der Waals surface area (Å²) in [5.41, 5.74) is 6.01.